The molecule has 37 heavy (non-hydrogen) atoms. The number of ether oxygens (including phenoxy) is 2. The Kier molecular flexibility index (Phi) is 8.12. The quantitative estimate of drug-likeness (QED) is 0.436. The molecule has 1 saturated carbocycles. The predicted octanol–water partition coefficient (Wildman–Crippen LogP) is 4.70. The number of nitrogens with one attached hydrogen (secondary N) is 2. The summed E-state index contributed by atoms with van der Waals surface area (Å²) in [5.74, 6) is -0.204. The number of carbonyl (C=O) groups is 3. The second-order valence-corrected chi connectivity index (χ2v) is 8.86. The first kappa shape index (κ1) is 25.8. The van der Waals surface area contributed by atoms with Crippen LogP contribution in [-0.2, 0) is 9.59 Å². The van der Waals surface area contributed by atoms with E-state index in [1.54, 1.807) is 54.6 Å². The Hall–Kier alpha value is -4.27. The number of anilines is 2. The third-order valence-electron chi connectivity index (χ3n) is 6.35. The van der Waals surface area contributed by atoms with Crippen LogP contribution in [0.3, 0.4) is 0 Å². The van der Waals surface area contributed by atoms with Gasteiger partial charge in [0, 0.05) is 29.9 Å². The summed E-state index contributed by atoms with van der Waals surface area (Å²) in [6, 6.07) is 14.0. The van der Waals surface area contributed by atoms with E-state index < -0.39 is 11.9 Å². The van der Waals surface area contributed by atoms with Crippen LogP contribution in [0.1, 0.15) is 54.8 Å². The molecule has 3 aromatic rings. The minimum absolute atomic E-state index is 0.0225. The monoisotopic (exact) mass is 505 g/mol. The minimum Gasteiger partial charge on any atom is -0.493 e. The number of hydrogen-bond donors (Lipinski definition) is 2. The molecule has 3 amide bonds. The number of amides is 3. The minimum atomic E-state index is -1.10. The topological polar surface area (TPSA) is 110 Å². The summed E-state index contributed by atoms with van der Waals surface area (Å²) in [6.07, 6.45) is 5.25. The molecule has 2 N–H and O–H groups in total. The molecule has 1 aliphatic rings. The second kappa shape index (κ2) is 11.6. The molecule has 194 valence electrons. The molecule has 4 rings (SSSR count). The van der Waals surface area contributed by atoms with Crippen LogP contribution in [-0.4, -0.2) is 38.0 Å². The van der Waals surface area contributed by atoms with E-state index in [2.05, 4.69) is 10.6 Å². The Bertz CT molecular complexity index is 1230. The number of carbonyl (C=O) groups excluding carboxylic acids is 3. The zero-order chi connectivity index (χ0) is 26.4. The van der Waals surface area contributed by atoms with Crippen molar-refractivity contribution in [3.63, 3.8) is 0 Å². The number of para-hydroxylation sites is 1. The van der Waals surface area contributed by atoms with E-state index >= 15 is 0 Å². The van der Waals surface area contributed by atoms with Gasteiger partial charge in [0.1, 0.15) is 6.04 Å². The Morgan fingerprint density at radius 1 is 0.973 bits per heavy atom. The van der Waals surface area contributed by atoms with Crippen LogP contribution in [0.5, 0.6) is 11.5 Å². The molecule has 2 aromatic carbocycles. The Balaban J connectivity index is 1.86. The van der Waals surface area contributed by atoms with Gasteiger partial charge in [-0.15, -0.1) is 0 Å². The van der Waals surface area contributed by atoms with Crippen molar-refractivity contribution < 1.29 is 28.3 Å². The van der Waals surface area contributed by atoms with Gasteiger partial charge in [0.15, 0.2) is 17.3 Å². The Morgan fingerprint density at radius 3 is 2.30 bits per heavy atom. The van der Waals surface area contributed by atoms with Crippen LogP contribution in [0.2, 0.25) is 0 Å². The fourth-order valence-corrected chi connectivity index (χ4v) is 4.69. The smallest absolute Gasteiger partial charge is 0.294 e. The van der Waals surface area contributed by atoms with Gasteiger partial charge in [-0.25, -0.2) is 0 Å². The molecule has 0 radical (unpaired) electrons. The van der Waals surface area contributed by atoms with Crippen molar-refractivity contribution >= 4 is 29.1 Å². The standard InChI is InChI=1S/C28H31N3O6/c1-18(32)29-20-13-15-21(16-14-20)31(28(34)24-12-7-17-37-24)25(27(33)30-19-8-4-5-9-19)22-10-6-11-23(35-2)26(22)36-3/h6-7,10-17,19,25H,4-5,8-9H2,1-3H3,(H,29,32)(H,30,33)/t25-/m1/s1. The highest BCUT2D eigenvalue weighted by atomic mass is 16.5. The van der Waals surface area contributed by atoms with E-state index in [0.29, 0.717) is 28.4 Å². The van der Waals surface area contributed by atoms with Gasteiger partial charge in [0.2, 0.25) is 11.8 Å². The van der Waals surface area contributed by atoms with Crippen molar-refractivity contribution in [3.05, 3.63) is 72.2 Å². The van der Waals surface area contributed by atoms with Crippen LogP contribution in [0.25, 0.3) is 0 Å². The van der Waals surface area contributed by atoms with E-state index in [1.807, 2.05) is 0 Å². The van der Waals surface area contributed by atoms with E-state index in [0.717, 1.165) is 25.7 Å². The van der Waals surface area contributed by atoms with Crippen LogP contribution >= 0.6 is 0 Å². The molecule has 9 nitrogen and oxygen atoms in total. The molecule has 0 bridgehead atoms. The fourth-order valence-electron chi connectivity index (χ4n) is 4.69. The zero-order valence-electron chi connectivity index (χ0n) is 21.2. The number of nitrogens with zero attached hydrogens (tertiary/aromatic N) is 1. The first-order valence-electron chi connectivity index (χ1n) is 12.2. The Labute approximate surface area is 215 Å². The van der Waals surface area contributed by atoms with Gasteiger partial charge >= 0.3 is 0 Å². The van der Waals surface area contributed by atoms with Gasteiger partial charge in [-0.3, -0.25) is 19.3 Å². The van der Waals surface area contributed by atoms with E-state index in [1.165, 1.54) is 32.3 Å². The number of methoxy groups -OCH3 is 2. The highest BCUT2D eigenvalue weighted by molar-refractivity contribution is 6.09. The molecule has 0 aliphatic heterocycles. The number of benzene rings is 2. The predicted molar refractivity (Wildman–Crippen MR) is 139 cm³/mol. The molecule has 0 spiro atoms. The third-order valence-corrected chi connectivity index (χ3v) is 6.35. The molecule has 1 atom stereocenters. The van der Waals surface area contributed by atoms with Gasteiger partial charge in [0.05, 0.1) is 20.5 Å². The lowest BCUT2D eigenvalue weighted by Crippen LogP contribution is -2.46. The van der Waals surface area contributed by atoms with Gasteiger partial charge in [0.25, 0.3) is 5.91 Å². The third kappa shape index (κ3) is 5.77. The summed E-state index contributed by atoms with van der Waals surface area (Å²) in [4.78, 5) is 40.8. The number of furan rings is 1. The van der Waals surface area contributed by atoms with Crippen molar-refractivity contribution in [2.24, 2.45) is 0 Å². The van der Waals surface area contributed by atoms with Gasteiger partial charge in [-0.05, 0) is 55.3 Å². The van der Waals surface area contributed by atoms with E-state index in [9.17, 15) is 14.4 Å². The summed E-state index contributed by atoms with van der Waals surface area (Å²) in [6.45, 7) is 1.42. The molecule has 0 saturated heterocycles. The maximum atomic E-state index is 14.0. The van der Waals surface area contributed by atoms with Gasteiger partial charge in [-0.2, -0.15) is 0 Å². The average Bonchev–Trinajstić information content (AvgIpc) is 3.61. The second-order valence-electron chi connectivity index (χ2n) is 8.86. The highest BCUT2D eigenvalue weighted by Crippen LogP contribution is 2.40. The fraction of sp³-hybridized carbons (Fsp3) is 0.321. The molecular formula is C28H31N3O6. The SMILES string of the molecule is COc1cccc([C@H](C(=O)NC2CCCC2)N(C(=O)c2ccco2)c2ccc(NC(C)=O)cc2)c1OC. The lowest BCUT2D eigenvalue weighted by molar-refractivity contribution is -0.123. The molecule has 1 aliphatic carbocycles. The van der Waals surface area contributed by atoms with Crippen molar-refractivity contribution in [2.45, 2.75) is 44.7 Å². The summed E-state index contributed by atoms with van der Waals surface area (Å²) >= 11 is 0. The van der Waals surface area contributed by atoms with Gasteiger partial charge in [-0.1, -0.05) is 25.0 Å². The first-order chi connectivity index (χ1) is 17.9. The Morgan fingerprint density at radius 2 is 1.70 bits per heavy atom. The van der Waals surface area contributed by atoms with Crippen LogP contribution in [0.4, 0.5) is 11.4 Å². The van der Waals surface area contributed by atoms with Crippen molar-refractivity contribution in [1.82, 2.24) is 5.32 Å². The van der Waals surface area contributed by atoms with Crippen LogP contribution in [0, 0.1) is 0 Å². The van der Waals surface area contributed by atoms with Crippen LogP contribution in [0.15, 0.2) is 65.3 Å². The normalized spacial score (nSPS) is 14.0. The molecule has 1 aromatic heterocycles. The number of hydrogen-bond acceptors (Lipinski definition) is 6. The summed E-state index contributed by atoms with van der Waals surface area (Å²) in [5.41, 5.74) is 1.46. The summed E-state index contributed by atoms with van der Waals surface area (Å²) in [5, 5.41) is 5.85. The van der Waals surface area contributed by atoms with Gasteiger partial charge < -0.3 is 24.5 Å². The zero-order valence-corrected chi connectivity index (χ0v) is 21.2. The van der Waals surface area contributed by atoms with Crippen molar-refractivity contribution in [2.75, 3.05) is 24.4 Å². The largest absolute Gasteiger partial charge is 0.493 e. The maximum Gasteiger partial charge on any atom is 0.294 e. The molecule has 9 heteroatoms. The highest BCUT2D eigenvalue weighted by Gasteiger charge is 2.38. The van der Waals surface area contributed by atoms with Crippen molar-refractivity contribution in [3.8, 4) is 11.5 Å². The first-order valence-corrected chi connectivity index (χ1v) is 12.2. The maximum absolute atomic E-state index is 14.0. The molecule has 1 fully saturated rings. The molecular weight excluding hydrogens is 474 g/mol. The molecule has 0 unspecified atom stereocenters. The van der Waals surface area contributed by atoms with E-state index in [4.69, 9.17) is 13.9 Å². The van der Waals surface area contributed by atoms with Crippen LogP contribution < -0.4 is 25.0 Å². The lowest BCUT2D eigenvalue weighted by Gasteiger charge is -2.32. The molecule has 1 heterocycles. The average molecular weight is 506 g/mol. The summed E-state index contributed by atoms with van der Waals surface area (Å²) in [7, 11) is 3.01. The lowest BCUT2D eigenvalue weighted by atomic mass is 10.00. The van der Waals surface area contributed by atoms with Crippen molar-refractivity contribution in [1.29, 1.82) is 0 Å². The number of rotatable bonds is 9. The summed E-state index contributed by atoms with van der Waals surface area (Å²) < 4.78 is 16.6. The van der Waals surface area contributed by atoms with E-state index in [-0.39, 0.29) is 23.6 Å².